The third-order valence-corrected chi connectivity index (χ3v) is 3.38. The number of hydrogen-bond acceptors (Lipinski definition) is 3. The average Bonchev–Trinajstić information content (AvgIpc) is 2.83. The van der Waals surface area contributed by atoms with Gasteiger partial charge in [0.1, 0.15) is 5.01 Å². The molecule has 0 unspecified atom stereocenters. The van der Waals surface area contributed by atoms with E-state index in [4.69, 9.17) is 0 Å². The molecular weight excluding hydrogens is 274 g/mol. The first-order valence-corrected chi connectivity index (χ1v) is 6.22. The Kier molecular flexibility index (Phi) is 3.33. The van der Waals surface area contributed by atoms with Crippen molar-refractivity contribution in [1.82, 2.24) is 14.8 Å². The number of thiazole rings is 1. The minimum Gasteiger partial charge on any atom is -0.266 e. The molecule has 2 rings (SSSR count). The summed E-state index contributed by atoms with van der Waals surface area (Å²) in [5, 5.41) is 5.18. The molecule has 2 aromatic rings. The van der Waals surface area contributed by atoms with Crippen molar-refractivity contribution in [2.75, 3.05) is 0 Å². The minimum atomic E-state index is 0.883. The first-order valence-electron chi connectivity index (χ1n) is 4.61. The Balaban J connectivity index is 2.18. The zero-order valence-corrected chi connectivity index (χ0v) is 10.6. The number of nitrogens with zero attached hydrogens (tertiary/aromatic N) is 3. The largest absolute Gasteiger partial charge is 0.266 e. The van der Waals surface area contributed by atoms with Crippen LogP contribution in [0.1, 0.15) is 17.6 Å². The molecule has 0 N–H and O–H groups in total. The van der Waals surface area contributed by atoms with Gasteiger partial charge < -0.3 is 0 Å². The zero-order chi connectivity index (χ0) is 10.7. The Bertz CT molecular complexity index is 472. The summed E-state index contributed by atoms with van der Waals surface area (Å²) in [5.41, 5.74) is 1.10. The van der Waals surface area contributed by atoms with E-state index in [1.807, 2.05) is 29.1 Å². The van der Waals surface area contributed by atoms with Crippen LogP contribution in [0.15, 0.2) is 22.2 Å². The van der Waals surface area contributed by atoms with Crippen molar-refractivity contribution in [2.45, 2.75) is 13.5 Å². The smallest absolute Gasteiger partial charge is 0.117 e. The van der Waals surface area contributed by atoms with Crippen molar-refractivity contribution < 1.29 is 0 Å². The Hall–Kier alpha value is -0.940. The standard InChI is InChI=1S/C10H10BrN3S/c1-2-14-8(5-6-13-14)3-4-10-12-7-9(11)15-10/h3-7H,2H2,1H3/b4-3+. The summed E-state index contributed by atoms with van der Waals surface area (Å²) >= 11 is 5.00. The lowest BCUT2D eigenvalue weighted by Crippen LogP contribution is -1.97. The minimum absolute atomic E-state index is 0.883. The first kappa shape index (κ1) is 10.6. The van der Waals surface area contributed by atoms with Crippen molar-refractivity contribution in [3.8, 4) is 0 Å². The van der Waals surface area contributed by atoms with Crippen LogP contribution in [0.25, 0.3) is 12.2 Å². The zero-order valence-electron chi connectivity index (χ0n) is 8.22. The second kappa shape index (κ2) is 4.72. The fourth-order valence-corrected chi connectivity index (χ4v) is 2.40. The molecule has 78 valence electrons. The molecule has 5 heteroatoms. The summed E-state index contributed by atoms with van der Waals surface area (Å²) in [6.07, 6.45) is 7.64. The average molecular weight is 284 g/mol. The van der Waals surface area contributed by atoms with Crippen LogP contribution in [-0.4, -0.2) is 14.8 Å². The number of rotatable bonds is 3. The van der Waals surface area contributed by atoms with Gasteiger partial charge in [0, 0.05) is 12.7 Å². The summed E-state index contributed by atoms with van der Waals surface area (Å²) in [6, 6.07) is 1.99. The molecule has 0 fully saturated rings. The van der Waals surface area contributed by atoms with Crippen LogP contribution < -0.4 is 0 Å². The summed E-state index contributed by atoms with van der Waals surface area (Å²) in [5.74, 6) is 0. The van der Waals surface area contributed by atoms with Gasteiger partial charge in [0.25, 0.3) is 0 Å². The lowest BCUT2D eigenvalue weighted by molar-refractivity contribution is 0.654. The molecular formula is C10H10BrN3S. The van der Waals surface area contributed by atoms with Crippen LogP contribution in [0, 0.1) is 0 Å². The number of hydrogen-bond donors (Lipinski definition) is 0. The molecule has 0 aliphatic rings. The highest BCUT2D eigenvalue weighted by Gasteiger charge is 1.97. The van der Waals surface area contributed by atoms with Gasteiger partial charge in [-0.15, -0.1) is 11.3 Å². The van der Waals surface area contributed by atoms with Gasteiger partial charge in [0.05, 0.1) is 15.7 Å². The molecule has 2 heterocycles. The predicted octanol–water partition coefficient (Wildman–Crippen LogP) is 3.29. The molecule has 0 amide bonds. The Morgan fingerprint density at radius 2 is 2.40 bits per heavy atom. The van der Waals surface area contributed by atoms with E-state index < -0.39 is 0 Å². The molecule has 0 bridgehead atoms. The van der Waals surface area contributed by atoms with Crippen molar-refractivity contribution in [1.29, 1.82) is 0 Å². The summed E-state index contributed by atoms with van der Waals surface area (Å²) < 4.78 is 2.99. The second-order valence-electron chi connectivity index (χ2n) is 2.91. The monoisotopic (exact) mass is 283 g/mol. The summed E-state index contributed by atoms with van der Waals surface area (Å²) in [6.45, 7) is 2.96. The van der Waals surface area contributed by atoms with Gasteiger partial charge in [-0.1, -0.05) is 0 Å². The van der Waals surface area contributed by atoms with E-state index in [2.05, 4.69) is 32.9 Å². The van der Waals surface area contributed by atoms with Crippen molar-refractivity contribution in [3.05, 3.63) is 32.9 Å². The van der Waals surface area contributed by atoms with Gasteiger partial charge >= 0.3 is 0 Å². The van der Waals surface area contributed by atoms with E-state index in [9.17, 15) is 0 Å². The molecule has 0 radical (unpaired) electrons. The molecule has 3 nitrogen and oxygen atoms in total. The number of aryl methyl sites for hydroxylation is 1. The van der Waals surface area contributed by atoms with Crippen LogP contribution in [0.3, 0.4) is 0 Å². The van der Waals surface area contributed by atoms with E-state index in [1.54, 1.807) is 17.5 Å². The van der Waals surface area contributed by atoms with Crippen molar-refractivity contribution >= 4 is 39.4 Å². The maximum Gasteiger partial charge on any atom is 0.117 e. The number of aromatic nitrogens is 3. The highest BCUT2D eigenvalue weighted by atomic mass is 79.9. The Morgan fingerprint density at radius 1 is 1.53 bits per heavy atom. The van der Waals surface area contributed by atoms with E-state index in [-0.39, 0.29) is 0 Å². The fraction of sp³-hybridized carbons (Fsp3) is 0.200. The lowest BCUT2D eigenvalue weighted by Gasteiger charge is -1.97. The summed E-state index contributed by atoms with van der Waals surface area (Å²) in [7, 11) is 0. The van der Waals surface area contributed by atoms with Crippen molar-refractivity contribution in [2.24, 2.45) is 0 Å². The molecule has 15 heavy (non-hydrogen) atoms. The SMILES string of the molecule is CCn1nccc1/C=C/c1ncc(Br)s1. The van der Waals surface area contributed by atoms with Gasteiger partial charge in [0.15, 0.2) is 0 Å². The highest BCUT2D eigenvalue weighted by molar-refractivity contribution is 9.11. The van der Waals surface area contributed by atoms with Crippen molar-refractivity contribution in [3.63, 3.8) is 0 Å². The van der Waals surface area contributed by atoms with Gasteiger partial charge in [-0.3, -0.25) is 4.68 Å². The van der Waals surface area contributed by atoms with Crippen LogP contribution in [0.4, 0.5) is 0 Å². The van der Waals surface area contributed by atoms with Gasteiger partial charge in [-0.2, -0.15) is 5.10 Å². The van der Waals surface area contributed by atoms with Gasteiger partial charge in [-0.05, 0) is 41.1 Å². The summed E-state index contributed by atoms with van der Waals surface area (Å²) in [4.78, 5) is 4.23. The fourth-order valence-electron chi connectivity index (χ4n) is 1.25. The molecule has 0 spiro atoms. The second-order valence-corrected chi connectivity index (χ2v) is 5.35. The van der Waals surface area contributed by atoms with Crippen LogP contribution >= 0.6 is 27.3 Å². The van der Waals surface area contributed by atoms with E-state index in [1.165, 1.54) is 0 Å². The third-order valence-electron chi connectivity index (χ3n) is 1.94. The maximum atomic E-state index is 4.23. The van der Waals surface area contributed by atoms with E-state index in [0.717, 1.165) is 21.0 Å². The molecule has 0 aliphatic heterocycles. The normalized spacial score (nSPS) is 11.3. The van der Waals surface area contributed by atoms with E-state index in [0.29, 0.717) is 0 Å². The van der Waals surface area contributed by atoms with Gasteiger partial charge in [0.2, 0.25) is 0 Å². The number of halogens is 1. The van der Waals surface area contributed by atoms with Gasteiger partial charge in [-0.25, -0.2) is 4.98 Å². The maximum absolute atomic E-state index is 4.23. The predicted molar refractivity (Wildman–Crippen MR) is 66.6 cm³/mol. The Morgan fingerprint density at radius 3 is 3.07 bits per heavy atom. The third kappa shape index (κ3) is 2.54. The van der Waals surface area contributed by atoms with Crippen LogP contribution in [0.2, 0.25) is 0 Å². The van der Waals surface area contributed by atoms with Crippen LogP contribution in [0.5, 0.6) is 0 Å². The Labute approximate surface area is 101 Å². The quantitative estimate of drug-likeness (QED) is 0.866. The lowest BCUT2D eigenvalue weighted by atomic mass is 10.4. The highest BCUT2D eigenvalue weighted by Crippen LogP contribution is 2.20. The molecule has 0 saturated carbocycles. The molecule has 0 aromatic carbocycles. The molecule has 2 aromatic heterocycles. The van der Waals surface area contributed by atoms with E-state index >= 15 is 0 Å². The molecule has 0 atom stereocenters. The first-order chi connectivity index (χ1) is 7.29. The van der Waals surface area contributed by atoms with Crippen LogP contribution in [-0.2, 0) is 6.54 Å². The molecule has 0 aliphatic carbocycles. The molecule has 0 saturated heterocycles. The topological polar surface area (TPSA) is 30.7 Å².